The summed E-state index contributed by atoms with van der Waals surface area (Å²) in [5.41, 5.74) is 3.87. The molecule has 2 aromatic carbocycles. The molecule has 4 rings (SSSR count). The van der Waals surface area contributed by atoms with Crippen molar-refractivity contribution in [3.05, 3.63) is 71.7 Å². The Labute approximate surface area is 157 Å². The predicted molar refractivity (Wildman–Crippen MR) is 105 cm³/mol. The van der Waals surface area contributed by atoms with Crippen LogP contribution in [0.15, 0.2) is 54.7 Å². The number of fused-ring (bicyclic) bond motifs is 1. The summed E-state index contributed by atoms with van der Waals surface area (Å²) in [5.74, 6) is 0.604. The van der Waals surface area contributed by atoms with Gasteiger partial charge in [0, 0.05) is 35.8 Å². The summed E-state index contributed by atoms with van der Waals surface area (Å²) < 4.78 is 18.3. The average molecular weight is 364 g/mol. The van der Waals surface area contributed by atoms with Crippen LogP contribution >= 0.6 is 0 Å². The van der Waals surface area contributed by atoms with Crippen LogP contribution < -0.4 is 4.74 Å². The van der Waals surface area contributed by atoms with Gasteiger partial charge in [0.1, 0.15) is 11.6 Å². The van der Waals surface area contributed by atoms with E-state index in [1.165, 1.54) is 17.7 Å². The van der Waals surface area contributed by atoms with Gasteiger partial charge in [0.05, 0.1) is 13.7 Å². The summed E-state index contributed by atoms with van der Waals surface area (Å²) in [6.07, 6.45) is 4.75. The van der Waals surface area contributed by atoms with Crippen molar-refractivity contribution in [3.8, 4) is 5.75 Å². The standard InChI is InChI=1S/C22H21FN2O2/c1-27-18-6-7-21-19(12-18)20(13-24-21)22(26)14-25-10-8-16(9-11-25)15-2-4-17(23)5-3-15/h2-8,12-13,24H,9-11,14H2,1H3. The molecule has 0 unspecified atom stereocenters. The number of Topliss-reactive ketones (excluding diaryl/α,β-unsaturated/α-hetero) is 1. The number of halogens is 1. The molecule has 1 aromatic heterocycles. The van der Waals surface area contributed by atoms with Gasteiger partial charge in [-0.2, -0.15) is 0 Å². The van der Waals surface area contributed by atoms with Crippen LogP contribution in [0.2, 0.25) is 0 Å². The van der Waals surface area contributed by atoms with Crippen molar-refractivity contribution in [1.29, 1.82) is 0 Å². The number of ketones is 1. The van der Waals surface area contributed by atoms with Gasteiger partial charge in [-0.15, -0.1) is 0 Å². The summed E-state index contributed by atoms with van der Waals surface area (Å²) in [6, 6.07) is 12.3. The van der Waals surface area contributed by atoms with Crippen LogP contribution in [0.1, 0.15) is 22.3 Å². The number of nitrogens with one attached hydrogen (secondary N) is 1. The van der Waals surface area contributed by atoms with Gasteiger partial charge in [0.2, 0.25) is 0 Å². The van der Waals surface area contributed by atoms with Gasteiger partial charge in [-0.1, -0.05) is 18.2 Å². The summed E-state index contributed by atoms with van der Waals surface area (Å²) in [5, 5.41) is 0.888. The Morgan fingerprint density at radius 2 is 2.04 bits per heavy atom. The maximum atomic E-state index is 13.1. The van der Waals surface area contributed by atoms with Gasteiger partial charge >= 0.3 is 0 Å². The first-order chi connectivity index (χ1) is 13.1. The second kappa shape index (κ2) is 7.37. The lowest BCUT2D eigenvalue weighted by atomic mass is 9.99. The molecule has 138 valence electrons. The highest BCUT2D eigenvalue weighted by Gasteiger charge is 2.19. The minimum atomic E-state index is -0.224. The van der Waals surface area contributed by atoms with Crippen LogP contribution in [0, 0.1) is 5.82 Å². The lowest BCUT2D eigenvalue weighted by Gasteiger charge is -2.25. The number of aromatic amines is 1. The van der Waals surface area contributed by atoms with Crippen molar-refractivity contribution in [2.45, 2.75) is 6.42 Å². The number of benzene rings is 2. The highest BCUT2D eigenvalue weighted by Crippen LogP contribution is 2.25. The second-order valence-corrected chi connectivity index (χ2v) is 6.76. The van der Waals surface area contributed by atoms with E-state index in [0.717, 1.165) is 35.2 Å². The van der Waals surface area contributed by atoms with Gasteiger partial charge in [0.25, 0.3) is 0 Å². The van der Waals surface area contributed by atoms with Crippen LogP contribution in [0.4, 0.5) is 4.39 Å². The molecule has 1 N–H and O–H groups in total. The summed E-state index contributed by atoms with van der Waals surface area (Å²) in [6.45, 7) is 1.89. The molecule has 0 saturated carbocycles. The van der Waals surface area contributed by atoms with E-state index in [2.05, 4.69) is 16.0 Å². The monoisotopic (exact) mass is 364 g/mol. The zero-order valence-corrected chi connectivity index (χ0v) is 15.2. The zero-order chi connectivity index (χ0) is 18.8. The van der Waals surface area contributed by atoms with Crippen molar-refractivity contribution in [3.63, 3.8) is 0 Å². The Morgan fingerprint density at radius 3 is 2.74 bits per heavy atom. The van der Waals surface area contributed by atoms with E-state index in [-0.39, 0.29) is 11.6 Å². The number of nitrogens with zero attached hydrogens (tertiary/aromatic N) is 1. The van der Waals surface area contributed by atoms with Crippen LogP contribution in [0.25, 0.3) is 16.5 Å². The number of methoxy groups -OCH3 is 1. The molecule has 0 radical (unpaired) electrons. The Bertz CT molecular complexity index is 1000. The zero-order valence-electron chi connectivity index (χ0n) is 15.2. The number of H-pyrrole nitrogens is 1. The summed E-state index contributed by atoms with van der Waals surface area (Å²) >= 11 is 0. The fourth-order valence-corrected chi connectivity index (χ4v) is 3.53. The molecule has 0 saturated heterocycles. The number of hydrogen-bond acceptors (Lipinski definition) is 3. The fourth-order valence-electron chi connectivity index (χ4n) is 3.53. The van der Waals surface area contributed by atoms with E-state index in [1.807, 2.05) is 18.2 Å². The van der Waals surface area contributed by atoms with Crippen molar-refractivity contribution < 1.29 is 13.9 Å². The molecule has 0 amide bonds. The van der Waals surface area contributed by atoms with Crippen LogP contribution in [-0.4, -0.2) is 42.4 Å². The molecular formula is C22H21FN2O2. The number of carbonyl (C=O) groups excluding carboxylic acids is 1. The number of ether oxygens (including phenoxy) is 1. The molecule has 5 heteroatoms. The third kappa shape index (κ3) is 3.64. The first-order valence-corrected chi connectivity index (χ1v) is 8.99. The van der Waals surface area contributed by atoms with Gasteiger partial charge < -0.3 is 9.72 Å². The summed E-state index contributed by atoms with van der Waals surface area (Å²) in [7, 11) is 1.62. The maximum absolute atomic E-state index is 13.1. The molecule has 1 aliphatic heterocycles. The van der Waals surface area contributed by atoms with Crippen molar-refractivity contribution in [2.75, 3.05) is 26.7 Å². The molecule has 0 aliphatic carbocycles. The molecule has 2 heterocycles. The first kappa shape index (κ1) is 17.5. The minimum Gasteiger partial charge on any atom is -0.497 e. The highest BCUT2D eigenvalue weighted by molar-refractivity contribution is 6.09. The molecule has 27 heavy (non-hydrogen) atoms. The lowest BCUT2D eigenvalue weighted by Crippen LogP contribution is -2.33. The smallest absolute Gasteiger partial charge is 0.178 e. The molecule has 4 nitrogen and oxygen atoms in total. The van der Waals surface area contributed by atoms with Gasteiger partial charge in [0.15, 0.2) is 5.78 Å². The van der Waals surface area contributed by atoms with Crippen LogP contribution in [0.5, 0.6) is 5.75 Å². The largest absolute Gasteiger partial charge is 0.497 e. The van der Waals surface area contributed by atoms with Gasteiger partial charge in [-0.25, -0.2) is 4.39 Å². The molecule has 3 aromatic rings. The van der Waals surface area contributed by atoms with E-state index < -0.39 is 0 Å². The third-order valence-corrected chi connectivity index (χ3v) is 5.06. The quantitative estimate of drug-likeness (QED) is 0.687. The lowest BCUT2D eigenvalue weighted by molar-refractivity contribution is 0.0939. The molecule has 0 bridgehead atoms. The van der Waals surface area contributed by atoms with Crippen molar-refractivity contribution in [2.24, 2.45) is 0 Å². The van der Waals surface area contributed by atoms with E-state index in [9.17, 15) is 9.18 Å². The third-order valence-electron chi connectivity index (χ3n) is 5.06. The van der Waals surface area contributed by atoms with Crippen LogP contribution in [-0.2, 0) is 0 Å². The maximum Gasteiger partial charge on any atom is 0.178 e. The Kier molecular flexibility index (Phi) is 4.77. The SMILES string of the molecule is COc1ccc2[nH]cc(C(=O)CN3CC=C(c4ccc(F)cc4)CC3)c2c1. The van der Waals surface area contributed by atoms with Crippen molar-refractivity contribution >= 4 is 22.3 Å². The van der Waals surface area contributed by atoms with Crippen molar-refractivity contribution in [1.82, 2.24) is 9.88 Å². The summed E-state index contributed by atoms with van der Waals surface area (Å²) in [4.78, 5) is 18.1. The van der Waals surface area contributed by atoms with Crippen LogP contribution in [0.3, 0.4) is 0 Å². The topological polar surface area (TPSA) is 45.3 Å². The highest BCUT2D eigenvalue weighted by atomic mass is 19.1. The molecule has 1 aliphatic rings. The Balaban J connectivity index is 1.46. The number of aromatic nitrogens is 1. The predicted octanol–water partition coefficient (Wildman–Crippen LogP) is 4.29. The minimum absolute atomic E-state index is 0.0909. The molecule has 0 atom stereocenters. The second-order valence-electron chi connectivity index (χ2n) is 6.76. The number of hydrogen-bond donors (Lipinski definition) is 1. The van der Waals surface area contributed by atoms with E-state index in [0.29, 0.717) is 18.7 Å². The van der Waals surface area contributed by atoms with E-state index in [4.69, 9.17) is 4.74 Å². The first-order valence-electron chi connectivity index (χ1n) is 8.99. The Hall–Kier alpha value is -2.92. The molecule has 0 spiro atoms. The van der Waals surface area contributed by atoms with Gasteiger partial charge in [-0.05, 0) is 47.9 Å². The fraction of sp³-hybridized carbons (Fsp3) is 0.227. The van der Waals surface area contributed by atoms with Gasteiger partial charge in [-0.3, -0.25) is 9.69 Å². The molecular weight excluding hydrogens is 343 g/mol. The number of rotatable bonds is 5. The number of carbonyl (C=O) groups is 1. The Morgan fingerprint density at radius 1 is 1.22 bits per heavy atom. The molecule has 0 fully saturated rings. The average Bonchev–Trinajstić information content (AvgIpc) is 3.12. The van der Waals surface area contributed by atoms with E-state index in [1.54, 1.807) is 25.4 Å². The van der Waals surface area contributed by atoms with E-state index >= 15 is 0 Å². The normalized spacial score (nSPS) is 15.0.